The summed E-state index contributed by atoms with van der Waals surface area (Å²) in [6, 6.07) is 5.09. The lowest BCUT2D eigenvalue weighted by molar-refractivity contribution is -0.111. The van der Waals surface area contributed by atoms with Gasteiger partial charge in [0.2, 0.25) is 5.95 Å². The summed E-state index contributed by atoms with van der Waals surface area (Å²) in [5.41, 5.74) is -1.48. The maximum Gasteiger partial charge on any atom is 0.418 e. The first-order chi connectivity index (χ1) is 12.3. The Morgan fingerprint density at radius 3 is 2.50 bits per heavy atom. The molecule has 0 radical (unpaired) electrons. The lowest BCUT2D eigenvalue weighted by atomic mass is 10.1. The zero-order chi connectivity index (χ0) is 19.3. The fourth-order valence-electron chi connectivity index (χ4n) is 2.09. The van der Waals surface area contributed by atoms with Crippen molar-refractivity contribution in [2.45, 2.75) is 20.0 Å². The predicted molar refractivity (Wildman–Crippen MR) is 89.6 cm³/mol. The van der Waals surface area contributed by atoms with E-state index in [9.17, 15) is 18.0 Å². The quantitative estimate of drug-likeness (QED) is 0.842. The van der Waals surface area contributed by atoms with E-state index in [2.05, 4.69) is 30.2 Å². The third-order valence-electron chi connectivity index (χ3n) is 3.15. The number of alkyl halides is 3. The van der Waals surface area contributed by atoms with Crippen LogP contribution in [0.2, 0.25) is 0 Å². The molecule has 2 aromatic heterocycles. The van der Waals surface area contributed by atoms with E-state index in [0.29, 0.717) is 5.69 Å². The molecule has 0 atom stereocenters. The summed E-state index contributed by atoms with van der Waals surface area (Å²) in [6.45, 7) is 2.74. The van der Waals surface area contributed by atoms with Gasteiger partial charge in [0, 0.05) is 13.2 Å². The number of hydrogen-bond donors (Lipinski definition) is 1. The van der Waals surface area contributed by atoms with Gasteiger partial charge in [-0.05, 0) is 26.0 Å². The van der Waals surface area contributed by atoms with Crippen LogP contribution in [0.3, 0.4) is 0 Å². The molecule has 0 spiro atoms. The second-order valence-corrected chi connectivity index (χ2v) is 4.97. The maximum atomic E-state index is 13.0. The van der Waals surface area contributed by atoms with Crippen LogP contribution in [0.1, 0.15) is 12.7 Å². The molecule has 0 unspecified atom stereocenters. The van der Waals surface area contributed by atoms with E-state index in [-0.39, 0.29) is 17.6 Å². The molecular weight excluding hydrogens is 349 g/mol. The Hall–Kier alpha value is -3.17. The Morgan fingerprint density at radius 2 is 1.96 bits per heavy atom. The summed E-state index contributed by atoms with van der Waals surface area (Å²) in [5.74, 6) is -0.809. The summed E-state index contributed by atoms with van der Waals surface area (Å²) in [4.78, 5) is 31.9. The number of rotatable bonds is 4. The molecule has 0 aliphatic carbocycles. The number of hydrogen-bond acceptors (Lipinski definition) is 6. The SMILES string of the molecule is C/C=C(\C(=NC)C(=O)Nc1nc(C)nc(-c2ccccn2)n1)C(F)(F)F. The smallest absolute Gasteiger partial charge is 0.289 e. The maximum absolute atomic E-state index is 13.0. The monoisotopic (exact) mass is 364 g/mol. The largest absolute Gasteiger partial charge is 0.418 e. The Labute approximate surface area is 147 Å². The zero-order valence-electron chi connectivity index (χ0n) is 14.2. The number of pyridine rings is 1. The number of aryl methyl sites for hydroxylation is 1. The number of amides is 1. The van der Waals surface area contributed by atoms with Gasteiger partial charge >= 0.3 is 6.18 Å². The first-order valence-electron chi connectivity index (χ1n) is 7.42. The van der Waals surface area contributed by atoms with Crippen LogP contribution in [0.5, 0.6) is 0 Å². The summed E-state index contributed by atoms with van der Waals surface area (Å²) < 4.78 is 39.1. The van der Waals surface area contributed by atoms with Crippen molar-refractivity contribution in [1.82, 2.24) is 19.9 Å². The van der Waals surface area contributed by atoms with Gasteiger partial charge in [0.05, 0.1) is 5.57 Å². The number of allylic oxidation sites excluding steroid dienone is 1. The number of nitrogens with one attached hydrogen (secondary N) is 1. The topological polar surface area (TPSA) is 93.0 Å². The van der Waals surface area contributed by atoms with Crippen molar-refractivity contribution in [2.24, 2.45) is 4.99 Å². The molecular formula is C16H15F3N6O. The van der Waals surface area contributed by atoms with Crippen molar-refractivity contribution in [2.75, 3.05) is 12.4 Å². The summed E-state index contributed by atoms with van der Waals surface area (Å²) in [5, 5.41) is 2.23. The van der Waals surface area contributed by atoms with E-state index < -0.39 is 23.4 Å². The molecule has 0 bridgehead atoms. The standard InChI is InChI=1S/C16H15F3N6O/c1-4-10(16(17,18)19)12(20-3)14(26)25-15-23-9(2)22-13(24-15)11-7-5-6-8-21-11/h4-8H,1-3H3,(H,22,23,24,25,26)/b10-4+,20-12?. The molecule has 1 amide bonds. The van der Waals surface area contributed by atoms with Gasteiger partial charge < -0.3 is 0 Å². The molecule has 7 nitrogen and oxygen atoms in total. The van der Waals surface area contributed by atoms with Crippen LogP contribution in [0.25, 0.3) is 11.5 Å². The fourth-order valence-corrected chi connectivity index (χ4v) is 2.09. The van der Waals surface area contributed by atoms with Crippen molar-refractivity contribution in [1.29, 1.82) is 0 Å². The molecule has 26 heavy (non-hydrogen) atoms. The van der Waals surface area contributed by atoms with E-state index in [1.54, 1.807) is 25.1 Å². The highest BCUT2D eigenvalue weighted by Gasteiger charge is 2.38. The molecule has 0 aliphatic rings. The number of nitrogens with zero attached hydrogens (tertiary/aromatic N) is 5. The van der Waals surface area contributed by atoms with Crippen LogP contribution in [0, 0.1) is 6.92 Å². The van der Waals surface area contributed by atoms with Crippen LogP contribution in [0.4, 0.5) is 19.1 Å². The minimum absolute atomic E-state index is 0.186. The molecule has 2 heterocycles. The van der Waals surface area contributed by atoms with E-state index in [0.717, 1.165) is 13.1 Å². The van der Waals surface area contributed by atoms with Crippen LogP contribution in [0.15, 0.2) is 41.0 Å². The Bertz CT molecular complexity index is 862. The zero-order valence-corrected chi connectivity index (χ0v) is 14.2. The summed E-state index contributed by atoms with van der Waals surface area (Å²) in [7, 11) is 1.10. The highest BCUT2D eigenvalue weighted by atomic mass is 19.4. The number of anilines is 1. The molecule has 0 fully saturated rings. The van der Waals surface area contributed by atoms with Crippen molar-refractivity contribution in [3.8, 4) is 11.5 Å². The lowest BCUT2D eigenvalue weighted by Gasteiger charge is -2.13. The van der Waals surface area contributed by atoms with Crippen molar-refractivity contribution >= 4 is 17.6 Å². The van der Waals surface area contributed by atoms with E-state index in [1.807, 2.05) is 0 Å². The minimum Gasteiger partial charge on any atom is -0.289 e. The predicted octanol–water partition coefficient (Wildman–Crippen LogP) is 2.76. The van der Waals surface area contributed by atoms with Crippen molar-refractivity contribution < 1.29 is 18.0 Å². The fraction of sp³-hybridized carbons (Fsp3) is 0.250. The first kappa shape index (κ1) is 19.2. The van der Waals surface area contributed by atoms with Crippen molar-refractivity contribution in [3.05, 3.63) is 41.9 Å². The minimum atomic E-state index is -4.71. The molecule has 136 valence electrons. The second-order valence-electron chi connectivity index (χ2n) is 4.97. The first-order valence-corrected chi connectivity index (χ1v) is 7.42. The summed E-state index contributed by atoms with van der Waals surface area (Å²) in [6.07, 6.45) is -2.40. The molecule has 2 aromatic rings. The normalized spacial score (nSPS) is 12.8. The van der Waals surface area contributed by atoms with Gasteiger partial charge in [-0.2, -0.15) is 23.1 Å². The molecule has 0 aromatic carbocycles. The Morgan fingerprint density at radius 1 is 1.23 bits per heavy atom. The summed E-state index contributed by atoms with van der Waals surface area (Å²) >= 11 is 0. The van der Waals surface area contributed by atoms with Gasteiger partial charge in [-0.1, -0.05) is 12.1 Å². The third kappa shape index (κ3) is 4.47. The van der Waals surface area contributed by atoms with Gasteiger partial charge in [-0.3, -0.25) is 20.1 Å². The molecule has 0 saturated heterocycles. The average Bonchev–Trinajstić information content (AvgIpc) is 2.58. The Balaban J connectivity index is 2.33. The number of aromatic nitrogens is 4. The van der Waals surface area contributed by atoms with Crippen molar-refractivity contribution in [3.63, 3.8) is 0 Å². The number of aliphatic imine (C=N–C) groups is 1. The van der Waals surface area contributed by atoms with E-state index >= 15 is 0 Å². The molecule has 1 N–H and O–H groups in total. The number of halogens is 3. The Kier molecular flexibility index (Phi) is 5.75. The van der Waals surface area contributed by atoms with Crippen LogP contribution in [-0.4, -0.2) is 44.8 Å². The highest BCUT2D eigenvalue weighted by molar-refractivity contribution is 6.49. The average molecular weight is 364 g/mol. The van der Waals surface area contributed by atoms with Gasteiger partial charge in [0.15, 0.2) is 5.82 Å². The molecule has 0 aliphatic heterocycles. The van der Waals surface area contributed by atoms with Crippen LogP contribution >= 0.6 is 0 Å². The van der Waals surface area contributed by atoms with Gasteiger partial charge in [0.1, 0.15) is 17.2 Å². The third-order valence-corrected chi connectivity index (χ3v) is 3.15. The number of carbonyl (C=O) groups is 1. The van der Waals surface area contributed by atoms with E-state index in [1.165, 1.54) is 13.1 Å². The van der Waals surface area contributed by atoms with Gasteiger partial charge in [-0.25, -0.2) is 4.98 Å². The number of carbonyl (C=O) groups excluding carboxylic acids is 1. The van der Waals surface area contributed by atoms with Crippen LogP contribution < -0.4 is 5.32 Å². The van der Waals surface area contributed by atoms with E-state index in [4.69, 9.17) is 0 Å². The second kappa shape index (κ2) is 7.81. The molecule has 10 heteroatoms. The molecule has 2 rings (SSSR count). The highest BCUT2D eigenvalue weighted by Crippen LogP contribution is 2.27. The molecule has 0 saturated carbocycles. The van der Waals surface area contributed by atoms with Crippen LogP contribution in [-0.2, 0) is 4.79 Å². The van der Waals surface area contributed by atoms with Gasteiger partial charge in [-0.15, -0.1) is 0 Å². The van der Waals surface area contributed by atoms with Gasteiger partial charge in [0.25, 0.3) is 5.91 Å². The lowest BCUT2D eigenvalue weighted by Crippen LogP contribution is -2.31.